The van der Waals surface area contributed by atoms with Gasteiger partial charge in [0.15, 0.2) is 0 Å². The second-order valence-electron chi connectivity index (χ2n) is 4.28. The molecule has 0 aliphatic carbocycles. The minimum atomic E-state index is -1.11. The minimum absolute atomic E-state index is 0. The summed E-state index contributed by atoms with van der Waals surface area (Å²) in [7, 11) is 0. The Balaban J connectivity index is 0.000000403. The summed E-state index contributed by atoms with van der Waals surface area (Å²) in [6.07, 6.45) is -0.251. The van der Waals surface area contributed by atoms with Crippen molar-refractivity contribution >= 4 is 35.1 Å². The summed E-state index contributed by atoms with van der Waals surface area (Å²) in [6.45, 7) is 0. The van der Waals surface area contributed by atoms with Gasteiger partial charge in [0.05, 0.1) is 0 Å². The molecular formula is C16H12Cl2CuO4. The van der Waals surface area contributed by atoms with Crippen molar-refractivity contribution in [3.63, 3.8) is 0 Å². The zero-order chi connectivity index (χ0) is 16.5. The summed E-state index contributed by atoms with van der Waals surface area (Å²) in [5.74, 6) is -2.23. The Morgan fingerprint density at radius 3 is 1.30 bits per heavy atom. The molecule has 0 aliphatic heterocycles. The van der Waals surface area contributed by atoms with Crippen molar-refractivity contribution in [2.24, 2.45) is 0 Å². The number of carbonyl (C=O) groups is 2. The van der Waals surface area contributed by atoms with E-state index in [1.54, 1.807) is 48.5 Å². The predicted octanol–water partition coefficient (Wildman–Crippen LogP) is 1.26. The topological polar surface area (TPSA) is 80.3 Å². The number of carboxylic acid groups (broad SMARTS) is 2. The van der Waals surface area contributed by atoms with E-state index in [1.165, 1.54) is 0 Å². The zero-order valence-corrected chi connectivity index (χ0v) is 14.2. The van der Waals surface area contributed by atoms with Crippen LogP contribution in [0.5, 0.6) is 0 Å². The first kappa shape index (κ1) is 21.5. The van der Waals surface area contributed by atoms with E-state index in [0.717, 1.165) is 0 Å². The Kier molecular flexibility index (Phi) is 10.4. The van der Waals surface area contributed by atoms with E-state index in [1.807, 2.05) is 0 Å². The van der Waals surface area contributed by atoms with E-state index in [-0.39, 0.29) is 29.9 Å². The Labute approximate surface area is 154 Å². The summed E-state index contributed by atoms with van der Waals surface area (Å²) >= 11 is 11.4. The molecule has 0 aliphatic rings. The van der Waals surface area contributed by atoms with Crippen LogP contribution < -0.4 is 10.2 Å². The van der Waals surface area contributed by atoms with Gasteiger partial charge < -0.3 is 19.8 Å². The van der Waals surface area contributed by atoms with E-state index in [4.69, 9.17) is 23.2 Å². The normalized spacial score (nSPS) is 9.13. The monoisotopic (exact) mass is 401 g/mol. The summed E-state index contributed by atoms with van der Waals surface area (Å²) < 4.78 is 0. The number of carbonyl (C=O) groups excluding carboxylic acids is 2. The molecule has 2 aromatic rings. The van der Waals surface area contributed by atoms with Crippen molar-refractivity contribution in [3.8, 4) is 0 Å². The van der Waals surface area contributed by atoms with Crippen molar-refractivity contribution < 1.29 is 36.9 Å². The Bertz CT molecular complexity index is 605. The molecule has 23 heavy (non-hydrogen) atoms. The van der Waals surface area contributed by atoms with Crippen LogP contribution in [0.3, 0.4) is 0 Å². The van der Waals surface area contributed by atoms with Crippen molar-refractivity contribution in [2.75, 3.05) is 0 Å². The number of hydrogen-bond acceptors (Lipinski definition) is 4. The van der Waals surface area contributed by atoms with Crippen molar-refractivity contribution in [1.82, 2.24) is 0 Å². The largest absolute Gasteiger partial charge is 2.00 e. The molecule has 7 heteroatoms. The minimum Gasteiger partial charge on any atom is -0.550 e. The SMILES string of the molecule is O=C([O-])Cc1ccccc1Cl.O=C([O-])Cc1ccccc1Cl.[Cu+2]. The maximum atomic E-state index is 10.2. The number of carboxylic acids is 2. The molecule has 0 bridgehead atoms. The molecule has 0 spiro atoms. The van der Waals surface area contributed by atoms with Crippen molar-refractivity contribution in [1.29, 1.82) is 0 Å². The third kappa shape index (κ3) is 8.62. The fourth-order valence-corrected chi connectivity index (χ4v) is 2.00. The molecule has 2 rings (SSSR count). The van der Waals surface area contributed by atoms with Crippen LogP contribution in [0, 0.1) is 0 Å². The maximum Gasteiger partial charge on any atom is 2.00 e. The van der Waals surface area contributed by atoms with Gasteiger partial charge in [-0.15, -0.1) is 0 Å². The van der Waals surface area contributed by atoms with Gasteiger partial charge in [0, 0.05) is 34.8 Å². The van der Waals surface area contributed by atoms with Gasteiger partial charge in [-0.25, -0.2) is 0 Å². The first-order valence-electron chi connectivity index (χ1n) is 6.26. The molecule has 1 radical (unpaired) electrons. The maximum absolute atomic E-state index is 10.2. The molecule has 0 atom stereocenters. The summed E-state index contributed by atoms with van der Waals surface area (Å²) in [5.41, 5.74) is 1.18. The first-order chi connectivity index (χ1) is 10.4. The Morgan fingerprint density at radius 1 is 0.739 bits per heavy atom. The molecule has 0 amide bonds. The summed E-state index contributed by atoms with van der Waals surface area (Å²) in [6, 6.07) is 13.6. The summed E-state index contributed by atoms with van der Waals surface area (Å²) in [5, 5.41) is 21.2. The van der Waals surface area contributed by atoms with E-state index >= 15 is 0 Å². The number of rotatable bonds is 4. The third-order valence-electron chi connectivity index (χ3n) is 2.59. The van der Waals surface area contributed by atoms with Crippen LogP contribution in [0.2, 0.25) is 10.0 Å². The van der Waals surface area contributed by atoms with E-state index in [0.29, 0.717) is 21.2 Å². The zero-order valence-electron chi connectivity index (χ0n) is 11.7. The van der Waals surface area contributed by atoms with Crippen LogP contribution in [0.15, 0.2) is 48.5 Å². The molecule has 2 aromatic carbocycles. The van der Waals surface area contributed by atoms with Crippen LogP contribution >= 0.6 is 23.2 Å². The average molecular weight is 403 g/mol. The number of hydrogen-bond donors (Lipinski definition) is 0. The van der Waals surface area contributed by atoms with Gasteiger partial charge in [0.2, 0.25) is 0 Å². The van der Waals surface area contributed by atoms with E-state index in [9.17, 15) is 19.8 Å². The van der Waals surface area contributed by atoms with Crippen LogP contribution in [0.25, 0.3) is 0 Å². The molecular weight excluding hydrogens is 391 g/mol. The number of benzene rings is 2. The van der Waals surface area contributed by atoms with Gasteiger partial charge in [0.25, 0.3) is 0 Å². The molecule has 4 nitrogen and oxygen atoms in total. The van der Waals surface area contributed by atoms with Gasteiger partial charge in [-0.2, -0.15) is 0 Å². The van der Waals surface area contributed by atoms with Gasteiger partial charge >= 0.3 is 17.1 Å². The third-order valence-corrected chi connectivity index (χ3v) is 3.32. The Morgan fingerprint density at radius 2 is 1.04 bits per heavy atom. The van der Waals surface area contributed by atoms with Gasteiger partial charge in [-0.3, -0.25) is 0 Å². The van der Waals surface area contributed by atoms with Gasteiger partial charge in [-0.1, -0.05) is 59.6 Å². The fraction of sp³-hybridized carbons (Fsp3) is 0.125. The van der Waals surface area contributed by atoms with Crippen LogP contribution in [-0.4, -0.2) is 11.9 Å². The molecule has 0 unspecified atom stereocenters. The van der Waals surface area contributed by atoms with Crippen LogP contribution in [-0.2, 0) is 39.5 Å². The van der Waals surface area contributed by atoms with Gasteiger partial charge in [0.1, 0.15) is 0 Å². The molecule has 0 saturated carbocycles. The standard InChI is InChI=1S/2C8H7ClO2.Cu/c2*9-7-4-2-1-3-6(7)5-8(10)11;/h2*1-4H,5H2,(H,10,11);/q;;+2/p-2. The number of halogens is 2. The smallest absolute Gasteiger partial charge is 0.550 e. The van der Waals surface area contributed by atoms with Crippen molar-refractivity contribution in [3.05, 3.63) is 69.7 Å². The van der Waals surface area contributed by atoms with E-state index < -0.39 is 11.9 Å². The molecule has 125 valence electrons. The predicted molar refractivity (Wildman–Crippen MR) is 80.3 cm³/mol. The fourth-order valence-electron chi connectivity index (χ4n) is 1.59. The second kappa shape index (κ2) is 11.1. The summed E-state index contributed by atoms with van der Waals surface area (Å²) in [4.78, 5) is 20.3. The average Bonchev–Trinajstić information content (AvgIpc) is 2.44. The van der Waals surface area contributed by atoms with Crippen LogP contribution in [0.4, 0.5) is 0 Å². The number of aliphatic carboxylic acids is 2. The molecule has 0 heterocycles. The van der Waals surface area contributed by atoms with Crippen LogP contribution in [0.1, 0.15) is 11.1 Å². The molecule has 0 saturated heterocycles. The van der Waals surface area contributed by atoms with E-state index in [2.05, 4.69) is 0 Å². The second-order valence-corrected chi connectivity index (χ2v) is 5.09. The molecule has 0 fully saturated rings. The van der Waals surface area contributed by atoms with Gasteiger partial charge in [-0.05, 0) is 23.3 Å². The molecule has 0 N–H and O–H groups in total. The molecule has 0 aromatic heterocycles. The van der Waals surface area contributed by atoms with Crippen molar-refractivity contribution in [2.45, 2.75) is 12.8 Å². The first-order valence-corrected chi connectivity index (χ1v) is 7.02. The quantitative estimate of drug-likeness (QED) is 0.721. The Hall–Kier alpha value is -1.52.